The molecule has 0 radical (unpaired) electrons. The summed E-state index contributed by atoms with van der Waals surface area (Å²) in [5, 5.41) is 9.20. The van der Waals surface area contributed by atoms with Crippen LogP contribution in [-0.2, 0) is 6.61 Å². The van der Waals surface area contributed by atoms with E-state index >= 15 is 0 Å². The summed E-state index contributed by atoms with van der Waals surface area (Å²) in [6.45, 7) is 4.39. The lowest BCUT2D eigenvalue weighted by Gasteiger charge is -2.11. The molecule has 0 aliphatic carbocycles. The molecule has 0 bridgehead atoms. The van der Waals surface area contributed by atoms with Crippen LogP contribution in [0.15, 0.2) is 35.3 Å². The van der Waals surface area contributed by atoms with E-state index in [0.717, 1.165) is 41.5 Å². The predicted octanol–water partition coefficient (Wildman–Crippen LogP) is 4.07. The van der Waals surface area contributed by atoms with Gasteiger partial charge in [0, 0.05) is 5.56 Å². The first-order valence-electron chi connectivity index (χ1n) is 5.91. The fraction of sp³-hybridized carbons (Fsp3) is 0.429. The molecule has 94 valence electrons. The van der Waals surface area contributed by atoms with Gasteiger partial charge < -0.3 is 9.84 Å². The molecule has 0 unspecified atom stereocenters. The van der Waals surface area contributed by atoms with Crippen LogP contribution in [0, 0.1) is 0 Å². The molecule has 1 aromatic rings. The average molecular weight is 299 g/mol. The summed E-state index contributed by atoms with van der Waals surface area (Å²) in [5.41, 5.74) is 0.825. The molecule has 17 heavy (non-hydrogen) atoms. The quantitative estimate of drug-likeness (QED) is 0.579. The van der Waals surface area contributed by atoms with Gasteiger partial charge in [-0.1, -0.05) is 18.2 Å². The first-order valence-corrected chi connectivity index (χ1v) is 6.71. The van der Waals surface area contributed by atoms with Gasteiger partial charge in [0.15, 0.2) is 0 Å². The van der Waals surface area contributed by atoms with Crippen LogP contribution < -0.4 is 4.74 Å². The Balaban J connectivity index is 2.38. The fourth-order valence-electron chi connectivity index (χ4n) is 1.58. The van der Waals surface area contributed by atoms with E-state index in [9.17, 15) is 5.11 Å². The highest BCUT2D eigenvalue weighted by molar-refractivity contribution is 9.10. The Labute approximate surface area is 111 Å². The number of aliphatic hydroxyl groups excluding tert-OH is 1. The second-order valence-corrected chi connectivity index (χ2v) is 4.73. The molecule has 1 aromatic carbocycles. The number of halogens is 1. The van der Waals surface area contributed by atoms with Crippen LogP contribution in [0.3, 0.4) is 0 Å². The van der Waals surface area contributed by atoms with E-state index in [-0.39, 0.29) is 6.61 Å². The predicted molar refractivity (Wildman–Crippen MR) is 74.2 cm³/mol. The monoisotopic (exact) mass is 298 g/mol. The third kappa shape index (κ3) is 4.92. The lowest BCUT2D eigenvalue weighted by molar-refractivity contribution is 0.259. The molecule has 0 atom stereocenters. The second-order valence-electron chi connectivity index (χ2n) is 3.87. The largest absolute Gasteiger partial charge is 0.492 e. The van der Waals surface area contributed by atoms with Crippen LogP contribution in [0.4, 0.5) is 0 Å². The van der Waals surface area contributed by atoms with Crippen molar-refractivity contribution in [2.45, 2.75) is 32.3 Å². The van der Waals surface area contributed by atoms with Gasteiger partial charge in [0.1, 0.15) is 5.75 Å². The van der Waals surface area contributed by atoms with Crippen LogP contribution in [0.25, 0.3) is 0 Å². The van der Waals surface area contributed by atoms with Crippen LogP contribution in [0.1, 0.15) is 31.2 Å². The van der Waals surface area contributed by atoms with Gasteiger partial charge in [0.2, 0.25) is 0 Å². The van der Waals surface area contributed by atoms with Gasteiger partial charge in [-0.25, -0.2) is 0 Å². The van der Waals surface area contributed by atoms with Gasteiger partial charge in [-0.3, -0.25) is 0 Å². The molecule has 0 aromatic heterocycles. The van der Waals surface area contributed by atoms with Gasteiger partial charge in [0.05, 0.1) is 17.7 Å². The Morgan fingerprint density at radius 2 is 2.12 bits per heavy atom. The summed E-state index contributed by atoms with van der Waals surface area (Å²) in [6.07, 6.45) is 6.34. The molecule has 0 spiro atoms. The molecule has 1 N–H and O–H groups in total. The van der Waals surface area contributed by atoms with Crippen molar-refractivity contribution in [3.05, 3.63) is 40.9 Å². The molecule has 3 heteroatoms. The first-order chi connectivity index (χ1) is 8.29. The summed E-state index contributed by atoms with van der Waals surface area (Å²) in [6, 6.07) is 5.69. The number of rotatable bonds is 8. The Bertz CT molecular complexity index is 350. The van der Waals surface area contributed by atoms with E-state index in [2.05, 4.69) is 22.5 Å². The van der Waals surface area contributed by atoms with Gasteiger partial charge in [-0.15, -0.1) is 6.58 Å². The SMILES string of the molecule is C=CCCCCCOc1c(Br)cccc1CO. The summed E-state index contributed by atoms with van der Waals surface area (Å²) in [5.74, 6) is 0.763. The van der Waals surface area contributed by atoms with E-state index < -0.39 is 0 Å². The zero-order valence-electron chi connectivity index (χ0n) is 9.99. The highest BCUT2D eigenvalue weighted by atomic mass is 79.9. The number of allylic oxidation sites excluding steroid dienone is 1. The number of hydrogen-bond acceptors (Lipinski definition) is 2. The number of para-hydroxylation sites is 1. The zero-order chi connectivity index (χ0) is 12.5. The standard InChI is InChI=1S/C14H19BrO2/c1-2-3-4-5-6-10-17-14-12(11-16)8-7-9-13(14)15/h2,7-9,16H,1,3-6,10-11H2. The van der Waals surface area contributed by atoms with E-state index in [1.807, 2.05) is 24.3 Å². The summed E-state index contributed by atoms with van der Waals surface area (Å²) in [7, 11) is 0. The van der Waals surface area contributed by atoms with Crippen molar-refractivity contribution in [1.82, 2.24) is 0 Å². The van der Waals surface area contributed by atoms with E-state index in [4.69, 9.17) is 4.74 Å². The minimum Gasteiger partial charge on any atom is -0.492 e. The molecule has 0 amide bonds. The van der Waals surface area contributed by atoms with Crippen molar-refractivity contribution >= 4 is 15.9 Å². The molecule has 0 saturated heterocycles. The summed E-state index contributed by atoms with van der Waals surface area (Å²) < 4.78 is 6.60. The Morgan fingerprint density at radius 3 is 2.82 bits per heavy atom. The molecule has 2 nitrogen and oxygen atoms in total. The van der Waals surface area contributed by atoms with Gasteiger partial charge in [-0.05, 0) is 47.7 Å². The summed E-state index contributed by atoms with van der Waals surface area (Å²) in [4.78, 5) is 0. The minimum atomic E-state index is 0.00520. The summed E-state index contributed by atoms with van der Waals surface area (Å²) >= 11 is 3.43. The third-order valence-electron chi connectivity index (χ3n) is 2.52. The van der Waals surface area contributed by atoms with Crippen molar-refractivity contribution in [2.24, 2.45) is 0 Å². The van der Waals surface area contributed by atoms with Crippen molar-refractivity contribution < 1.29 is 9.84 Å². The average Bonchev–Trinajstić information content (AvgIpc) is 2.35. The van der Waals surface area contributed by atoms with Gasteiger partial charge in [0.25, 0.3) is 0 Å². The van der Waals surface area contributed by atoms with Crippen molar-refractivity contribution in [3.63, 3.8) is 0 Å². The lowest BCUT2D eigenvalue weighted by atomic mass is 10.2. The van der Waals surface area contributed by atoms with Crippen molar-refractivity contribution in [2.75, 3.05) is 6.61 Å². The van der Waals surface area contributed by atoms with Crippen LogP contribution in [0.2, 0.25) is 0 Å². The Hall–Kier alpha value is -0.800. The maximum atomic E-state index is 9.20. The van der Waals surface area contributed by atoms with Gasteiger partial charge >= 0.3 is 0 Å². The molecular formula is C14H19BrO2. The maximum absolute atomic E-state index is 9.20. The molecule has 0 heterocycles. The van der Waals surface area contributed by atoms with Crippen LogP contribution in [0.5, 0.6) is 5.75 Å². The molecule has 1 rings (SSSR count). The van der Waals surface area contributed by atoms with Crippen molar-refractivity contribution in [1.29, 1.82) is 0 Å². The van der Waals surface area contributed by atoms with Gasteiger partial charge in [-0.2, -0.15) is 0 Å². The number of aliphatic hydroxyl groups is 1. The third-order valence-corrected chi connectivity index (χ3v) is 3.14. The minimum absolute atomic E-state index is 0.00520. The van der Waals surface area contributed by atoms with Crippen LogP contribution in [-0.4, -0.2) is 11.7 Å². The van der Waals surface area contributed by atoms with E-state index in [1.165, 1.54) is 0 Å². The second kappa shape index (κ2) is 8.31. The molecule has 0 aliphatic heterocycles. The van der Waals surface area contributed by atoms with Crippen molar-refractivity contribution in [3.8, 4) is 5.75 Å². The first kappa shape index (κ1) is 14.3. The van der Waals surface area contributed by atoms with Crippen LogP contribution >= 0.6 is 15.9 Å². The van der Waals surface area contributed by atoms with E-state index in [1.54, 1.807) is 0 Å². The highest BCUT2D eigenvalue weighted by Gasteiger charge is 2.06. The maximum Gasteiger partial charge on any atom is 0.138 e. The molecule has 0 aliphatic rings. The molecule has 0 saturated carbocycles. The normalized spacial score (nSPS) is 10.2. The van der Waals surface area contributed by atoms with E-state index in [0.29, 0.717) is 6.61 Å². The number of unbranched alkanes of at least 4 members (excludes halogenated alkanes) is 3. The zero-order valence-corrected chi connectivity index (χ0v) is 11.6. The number of benzene rings is 1. The number of hydrogen-bond donors (Lipinski definition) is 1. The topological polar surface area (TPSA) is 29.5 Å². The highest BCUT2D eigenvalue weighted by Crippen LogP contribution is 2.29. The Morgan fingerprint density at radius 1 is 1.29 bits per heavy atom. The molecule has 0 fully saturated rings. The number of ether oxygens (including phenoxy) is 1. The smallest absolute Gasteiger partial charge is 0.138 e. The Kier molecular flexibility index (Phi) is 6.97. The molecular weight excluding hydrogens is 280 g/mol. The lowest BCUT2D eigenvalue weighted by Crippen LogP contribution is -2.01. The fourth-order valence-corrected chi connectivity index (χ4v) is 2.10.